The fourth-order valence-electron chi connectivity index (χ4n) is 2.05. The van der Waals surface area contributed by atoms with E-state index in [1.54, 1.807) is 0 Å². The summed E-state index contributed by atoms with van der Waals surface area (Å²) in [5, 5.41) is 3.37. The number of rotatable bonds is 5. The normalized spacial score (nSPS) is 15.7. The van der Waals surface area contributed by atoms with E-state index in [4.69, 9.17) is 4.74 Å². The molecule has 0 bridgehead atoms. The van der Waals surface area contributed by atoms with Crippen molar-refractivity contribution in [2.24, 2.45) is 4.99 Å². The highest BCUT2D eigenvalue weighted by Gasteiger charge is 2.15. The lowest BCUT2D eigenvalue weighted by Gasteiger charge is -2.21. The first kappa shape index (κ1) is 16.2. The van der Waals surface area contributed by atoms with Gasteiger partial charge in [0, 0.05) is 26.7 Å². The highest BCUT2D eigenvalue weighted by atomic mass is 127. The van der Waals surface area contributed by atoms with Crippen LogP contribution < -0.4 is 5.32 Å². The number of ether oxygens (including phenoxy) is 1. The zero-order valence-corrected chi connectivity index (χ0v) is 13.8. The molecule has 1 N–H and O–H groups in total. The summed E-state index contributed by atoms with van der Waals surface area (Å²) in [6.45, 7) is 5.36. The number of benzene rings is 1. The quantitative estimate of drug-likeness (QED) is 0.803. The van der Waals surface area contributed by atoms with Gasteiger partial charge in [0.2, 0.25) is 0 Å². The second-order valence-corrected chi connectivity index (χ2v) is 4.36. The number of hydrogen-bond acceptors (Lipinski definition) is 4. The van der Waals surface area contributed by atoms with Gasteiger partial charge in [0.1, 0.15) is 0 Å². The molecule has 1 aromatic carbocycles. The Bertz CT molecular complexity index is 397. The van der Waals surface area contributed by atoms with Crippen LogP contribution in [0.2, 0.25) is 0 Å². The maximum atomic E-state index is 5.79. The molecule has 1 aliphatic rings. The third kappa shape index (κ3) is 4.65. The van der Waals surface area contributed by atoms with Gasteiger partial charge in [0.25, 0.3) is 0 Å². The predicted molar refractivity (Wildman–Crippen MR) is 89.2 cm³/mol. The molecule has 1 aliphatic heterocycles. The van der Waals surface area contributed by atoms with Crippen LogP contribution in [0.25, 0.3) is 0 Å². The molecule has 1 aromatic rings. The lowest BCUT2D eigenvalue weighted by Crippen LogP contribution is -2.38. The van der Waals surface area contributed by atoms with Crippen LogP contribution in [0.3, 0.4) is 0 Å². The Labute approximate surface area is 132 Å². The molecule has 5 heteroatoms. The van der Waals surface area contributed by atoms with Crippen molar-refractivity contribution in [2.45, 2.75) is 13.0 Å². The van der Waals surface area contributed by atoms with Crippen molar-refractivity contribution in [1.29, 1.82) is 0 Å². The summed E-state index contributed by atoms with van der Waals surface area (Å²) in [5.41, 5.74) is 1.20. The van der Waals surface area contributed by atoms with Crippen molar-refractivity contribution in [3.05, 3.63) is 35.9 Å². The molecule has 4 nitrogen and oxygen atoms in total. The van der Waals surface area contributed by atoms with Crippen LogP contribution in [0.1, 0.15) is 18.6 Å². The molecule has 0 spiro atoms. The summed E-state index contributed by atoms with van der Waals surface area (Å²) in [5.74, 6) is 0.968. The topological polar surface area (TPSA) is 36.9 Å². The number of hydrogen-bond donors (Lipinski definition) is 1. The van der Waals surface area contributed by atoms with Gasteiger partial charge in [-0.3, -0.25) is 4.99 Å². The standard InChI is InChI=1S/C14H21N3O.HI/c1-3-18-13(12-7-5-4-6-8-12)11-16-14-15-9-10-17(14)2;/h4-8,13H,3,9-11H2,1-2H3,(H,15,16);1H. The van der Waals surface area contributed by atoms with Gasteiger partial charge in [-0.2, -0.15) is 0 Å². The summed E-state index contributed by atoms with van der Waals surface area (Å²) >= 11 is 0. The Morgan fingerprint density at radius 3 is 2.68 bits per heavy atom. The summed E-state index contributed by atoms with van der Waals surface area (Å²) in [7, 11) is 2.05. The first-order valence-corrected chi connectivity index (χ1v) is 6.47. The van der Waals surface area contributed by atoms with Gasteiger partial charge in [-0.05, 0) is 12.5 Å². The number of halogens is 1. The second kappa shape index (κ2) is 8.37. The van der Waals surface area contributed by atoms with E-state index in [0.29, 0.717) is 6.61 Å². The lowest BCUT2D eigenvalue weighted by atomic mass is 10.1. The van der Waals surface area contributed by atoms with Gasteiger partial charge in [0.15, 0.2) is 5.96 Å². The van der Waals surface area contributed by atoms with Crippen LogP contribution in [0.15, 0.2) is 35.3 Å². The summed E-state index contributed by atoms with van der Waals surface area (Å²) < 4.78 is 5.79. The highest BCUT2D eigenvalue weighted by Crippen LogP contribution is 2.16. The highest BCUT2D eigenvalue weighted by molar-refractivity contribution is 14.0. The SMILES string of the molecule is CCOC(CNC1=NCCN1C)c1ccccc1.I. The van der Waals surface area contributed by atoms with Crippen molar-refractivity contribution >= 4 is 29.9 Å². The van der Waals surface area contributed by atoms with Crippen molar-refractivity contribution in [2.75, 3.05) is 33.3 Å². The zero-order valence-electron chi connectivity index (χ0n) is 11.5. The number of aliphatic imine (C=N–C) groups is 1. The molecule has 0 aromatic heterocycles. The molecule has 1 atom stereocenters. The van der Waals surface area contributed by atoms with Gasteiger partial charge in [-0.15, -0.1) is 24.0 Å². The lowest BCUT2D eigenvalue weighted by molar-refractivity contribution is 0.0652. The Balaban J connectivity index is 0.00000180. The van der Waals surface area contributed by atoms with Gasteiger partial charge in [-0.25, -0.2) is 0 Å². The largest absolute Gasteiger partial charge is 0.372 e. The van der Waals surface area contributed by atoms with Crippen molar-refractivity contribution in [1.82, 2.24) is 10.2 Å². The molecule has 0 aliphatic carbocycles. The molecule has 0 amide bonds. The first-order valence-electron chi connectivity index (χ1n) is 6.47. The fraction of sp³-hybridized carbons (Fsp3) is 0.500. The Kier molecular flexibility index (Phi) is 7.15. The van der Waals surface area contributed by atoms with Crippen LogP contribution in [0.5, 0.6) is 0 Å². The third-order valence-electron chi connectivity index (χ3n) is 3.04. The number of guanidine groups is 1. The van der Waals surface area contributed by atoms with Crippen molar-refractivity contribution in [3.8, 4) is 0 Å². The summed E-state index contributed by atoms with van der Waals surface area (Å²) in [6.07, 6.45) is 0.0768. The minimum absolute atomic E-state index is 0. The average molecular weight is 375 g/mol. The van der Waals surface area contributed by atoms with Crippen LogP contribution >= 0.6 is 24.0 Å². The number of nitrogens with one attached hydrogen (secondary N) is 1. The van der Waals surface area contributed by atoms with E-state index in [0.717, 1.165) is 25.6 Å². The third-order valence-corrected chi connectivity index (χ3v) is 3.04. The van der Waals surface area contributed by atoms with E-state index in [1.165, 1.54) is 5.56 Å². The van der Waals surface area contributed by atoms with E-state index in [1.807, 2.05) is 25.1 Å². The molecule has 106 valence electrons. The molecule has 1 unspecified atom stereocenters. The fourth-order valence-corrected chi connectivity index (χ4v) is 2.05. The molecule has 0 saturated heterocycles. The predicted octanol–water partition coefficient (Wildman–Crippen LogP) is 2.27. The molecule has 19 heavy (non-hydrogen) atoms. The van der Waals surface area contributed by atoms with E-state index in [-0.39, 0.29) is 30.1 Å². The monoisotopic (exact) mass is 375 g/mol. The molecule has 2 rings (SSSR count). The zero-order chi connectivity index (χ0) is 12.8. The smallest absolute Gasteiger partial charge is 0.193 e. The summed E-state index contributed by atoms with van der Waals surface area (Å²) in [6, 6.07) is 10.3. The minimum Gasteiger partial charge on any atom is -0.372 e. The van der Waals surface area contributed by atoms with Gasteiger partial charge >= 0.3 is 0 Å². The maximum Gasteiger partial charge on any atom is 0.193 e. The van der Waals surface area contributed by atoms with Crippen molar-refractivity contribution in [3.63, 3.8) is 0 Å². The molecule has 1 heterocycles. The number of likely N-dealkylation sites (N-methyl/N-ethyl adjacent to an activating group) is 1. The van der Waals surface area contributed by atoms with E-state index < -0.39 is 0 Å². The summed E-state index contributed by atoms with van der Waals surface area (Å²) in [4.78, 5) is 6.55. The Hall–Kier alpha value is -0.820. The van der Waals surface area contributed by atoms with E-state index >= 15 is 0 Å². The average Bonchev–Trinajstić information content (AvgIpc) is 2.81. The maximum absolute atomic E-state index is 5.79. The molecular weight excluding hydrogens is 353 g/mol. The van der Waals surface area contributed by atoms with Gasteiger partial charge in [0.05, 0.1) is 12.6 Å². The van der Waals surface area contributed by atoms with Crippen LogP contribution in [-0.2, 0) is 4.74 Å². The molecular formula is C14H22IN3O. The molecule has 0 fully saturated rings. The Morgan fingerprint density at radius 2 is 2.11 bits per heavy atom. The van der Waals surface area contributed by atoms with Crippen molar-refractivity contribution < 1.29 is 4.74 Å². The first-order chi connectivity index (χ1) is 8.81. The number of nitrogens with zero attached hydrogens (tertiary/aromatic N) is 2. The Morgan fingerprint density at radius 1 is 1.37 bits per heavy atom. The minimum atomic E-state index is 0. The van der Waals surface area contributed by atoms with Crippen LogP contribution in [-0.4, -0.2) is 44.1 Å². The van der Waals surface area contributed by atoms with E-state index in [9.17, 15) is 0 Å². The van der Waals surface area contributed by atoms with E-state index in [2.05, 4.69) is 34.4 Å². The van der Waals surface area contributed by atoms with Gasteiger partial charge in [-0.1, -0.05) is 30.3 Å². The second-order valence-electron chi connectivity index (χ2n) is 4.36. The van der Waals surface area contributed by atoms with Gasteiger partial charge < -0.3 is 15.0 Å². The van der Waals surface area contributed by atoms with Crippen LogP contribution in [0, 0.1) is 0 Å². The molecule has 0 saturated carbocycles. The van der Waals surface area contributed by atoms with Crippen LogP contribution in [0.4, 0.5) is 0 Å². The molecule has 0 radical (unpaired) electrons.